The highest BCUT2D eigenvalue weighted by molar-refractivity contribution is 14.1. The third kappa shape index (κ3) is 3.76. The van der Waals surface area contributed by atoms with Crippen molar-refractivity contribution in [1.29, 1.82) is 0 Å². The highest BCUT2D eigenvalue weighted by atomic mass is 127. The predicted octanol–water partition coefficient (Wildman–Crippen LogP) is 2.31. The molecule has 0 spiro atoms. The summed E-state index contributed by atoms with van der Waals surface area (Å²) in [7, 11) is 0. The van der Waals surface area contributed by atoms with Gasteiger partial charge in [-0.05, 0) is 35.6 Å². The van der Waals surface area contributed by atoms with Gasteiger partial charge in [-0.25, -0.2) is 13.8 Å². The molecule has 0 saturated heterocycles. The fourth-order valence-electron chi connectivity index (χ4n) is 1.22. The normalized spacial score (nSPS) is 10.6. The maximum absolute atomic E-state index is 12.6. The van der Waals surface area contributed by atoms with Gasteiger partial charge in [0, 0.05) is 5.69 Å². The van der Waals surface area contributed by atoms with Crippen molar-refractivity contribution < 1.29 is 18.3 Å². The molecule has 7 heteroatoms. The quantitative estimate of drug-likeness (QED) is 0.664. The number of carbonyl (C=O) groups excluding carboxylic acids is 1. The van der Waals surface area contributed by atoms with Gasteiger partial charge in [0.2, 0.25) is 0 Å². The van der Waals surface area contributed by atoms with Crippen molar-refractivity contribution in [3.8, 4) is 0 Å². The molecule has 1 heterocycles. The highest BCUT2D eigenvalue weighted by Gasteiger charge is 2.18. The smallest absolute Gasteiger partial charge is 0.311 e. The average molecular weight is 356 g/mol. The maximum atomic E-state index is 12.6. The summed E-state index contributed by atoms with van der Waals surface area (Å²) >= 11 is 1.70. The Morgan fingerprint density at radius 2 is 2.29 bits per heavy atom. The van der Waals surface area contributed by atoms with Crippen LogP contribution in [0.2, 0.25) is 0 Å². The second-order valence-corrected chi connectivity index (χ2v) is 4.26. The van der Waals surface area contributed by atoms with Gasteiger partial charge in [0.15, 0.2) is 0 Å². The van der Waals surface area contributed by atoms with Crippen molar-refractivity contribution in [2.24, 2.45) is 0 Å². The number of nitrogen functional groups attached to an aromatic ring is 1. The lowest BCUT2D eigenvalue weighted by Crippen LogP contribution is -2.11. The van der Waals surface area contributed by atoms with E-state index in [1.165, 1.54) is 6.07 Å². The summed E-state index contributed by atoms with van der Waals surface area (Å²) in [6.45, 7) is 1.90. The summed E-state index contributed by atoms with van der Waals surface area (Å²) in [5.41, 5.74) is 5.56. The minimum Gasteiger partial charge on any atom is -0.466 e. The average Bonchev–Trinajstić information content (AvgIpc) is 2.23. The van der Waals surface area contributed by atoms with Gasteiger partial charge in [-0.15, -0.1) is 0 Å². The van der Waals surface area contributed by atoms with Crippen LogP contribution in [0.5, 0.6) is 0 Å². The number of nitrogens with zero attached hydrogens (tertiary/aromatic N) is 1. The van der Waals surface area contributed by atoms with Gasteiger partial charge in [0.25, 0.3) is 6.43 Å². The first-order chi connectivity index (χ1) is 7.95. The van der Waals surface area contributed by atoms with Gasteiger partial charge >= 0.3 is 5.97 Å². The third-order valence-corrected chi connectivity index (χ3v) is 3.08. The van der Waals surface area contributed by atoms with E-state index < -0.39 is 18.1 Å². The van der Waals surface area contributed by atoms with E-state index in [4.69, 9.17) is 10.5 Å². The molecule has 0 aliphatic carbocycles. The number of pyridine rings is 1. The molecule has 1 aromatic heterocycles. The van der Waals surface area contributed by atoms with Crippen molar-refractivity contribution in [2.45, 2.75) is 19.8 Å². The molecule has 0 aromatic carbocycles. The summed E-state index contributed by atoms with van der Waals surface area (Å²) in [5, 5.41) is 0. The lowest BCUT2D eigenvalue weighted by Gasteiger charge is -2.08. The molecule has 0 bridgehead atoms. The van der Waals surface area contributed by atoms with Crippen LogP contribution < -0.4 is 5.73 Å². The SMILES string of the molecule is CCOC(=O)Cc1cc(N)c(I)c(C(F)F)n1. The molecule has 2 N–H and O–H groups in total. The van der Waals surface area contributed by atoms with Gasteiger partial charge in [0.1, 0.15) is 5.69 Å². The lowest BCUT2D eigenvalue weighted by molar-refractivity contribution is -0.142. The van der Waals surface area contributed by atoms with Gasteiger partial charge in [-0.1, -0.05) is 0 Å². The molecular formula is C10H11F2IN2O2. The van der Waals surface area contributed by atoms with E-state index in [1.54, 1.807) is 29.5 Å². The molecule has 1 aromatic rings. The predicted molar refractivity (Wildman–Crippen MR) is 66.7 cm³/mol. The summed E-state index contributed by atoms with van der Waals surface area (Å²) < 4.78 is 30.2. The molecular weight excluding hydrogens is 345 g/mol. The Bertz CT molecular complexity index is 427. The van der Waals surface area contributed by atoms with Crippen LogP contribution >= 0.6 is 22.6 Å². The number of hydrogen-bond donors (Lipinski definition) is 1. The van der Waals surface area contributed by atoms with Crippen LogP contribution in [-0.2, 0) is 16.0 Å². The molecule has 0 aliphatic heterocycles. The number of alkyl halides is 2. The van der Waals surface area contributed by atoms with Crippen molar-refractivity contribution in [3.05, 3.63) is 21.0 Å². The van der Waals surface area contributed by atoms with Crippen molar-refractivity contribution in [1.82, 2.24) is 4.98 Å². The van der Waals surface area contributed by atoms with E-state index in [9.17, 15) is 13.6 Å². The van der Waals surface area contributed by atoms with Gasteiger partial charge < -0.3 is 10.5 Å². The third-order valence-electron chi connectivity index (χ3n) is 1.90. The summed E-state index contributed by atoms with van der Waals surface area (Å²) in [6, 6.07) is 1.41. The molecule has 4 nitrogen and oxygen atoms in total. The molecule has 94 valence electrons. The van der Waals surface area contributed by atoms with E-state index in [0.717, 1.165) is 0 Å². The second-order valence-electron chi connectivity index (χ2n) is 3.18. The zero-order valence-corrected chi connectivity index (χ0v) is 11.2. The van der Waals surface area contributed by atoms with Crippen molar-refractivity contribution >= 4 is 34.2 Å². The number of esters is 1. The van der Waals surface area contributed by atoms with E-state index in [0.29, 0.717) is 0 Å². The molecule has 0 saturated carbocycles. The van der Waals surface area contributed by atoms with Crippen molar-refractivity contribution in [3.63, 3.8) is 0 Å². The fraction of sp³-hybridized carbons (Fsp3) is 0.400. The number of rotatable bonds is 4. The Morgan fingerprint density at radius 1 is 1.65 bits per heavy atom. The summed E-state index contributed by atoms with van der Waals surface area (Å²) in [5.74, 6) is -0.513. The number of aromatic nitrogens is 1. The van der Waals surface area contributed by atoms with Crippen LogP contribution in [-0.4, -0.2) is 17.6 Å². The summed E-state index contributed by atoms with van der Waals surface area (Å²) in [6.07, 6.45) is -2.87. The Morgan fingerprint density at radius 3 is 2.82 bits per heavy atom. The Hall–Kier alpha value is -0.990. The topological polar surface area (TPSA) is 65.2 Å². The van der Waals surface area contributed by atoms with E-state index in [1.807, 2.05) is 0 Å². The zero-order valence-electron chi connectivity index (χ0n) is 9.04. The van der Waals surface area contributed by atoms with Gasteiger partial charge in [0.05, 0.1) is 22.3 Å². The van der Waals surface area contributed by atoms with Crippen LogP contribution in [0.3, 0.4) is 0 Å². The zero-order chi connectivity index (χ0) is 13.0. The molecule has 0 atom stereocenters. The number of carbonyl (C=O) groups is 1. The second kappa shape index (κ2) is 6.08. The number of hydrogen-bond acceptors (Lipinski definition) is 4. The van der Waals surface area contributed by atoms with E-state index in [-0.39, 0.29) is 28.0 Å². The van der Waals surface area contributed by atoms with Crippen LogP contribution in [0, 0.1) is 3.57 Å². The molecule has 0 aliphatic rings. The molecule has 0 amide bonds. The van der Waals surface area contributed by atoms with E-state index >= 15 is 0 Å². The van der Waals surface area contributed by atoms with Gasteiger partial charge in [-0.3, -0.25) is 4.79 Å². The molecule has 0 radical (unpaired) electrons. The minimum absolute atomic E-state index is 0.158. The molecule has 1 rings (SSSR count). The largest absolute Gasteiger partial charge is 0.466 e. The Balaban J connectivity index is 2.98. The first-order valence-electron chi connectivity index (χ1n) is 4.84. The molecule has 0 fully saturated rings. The first kappa shape index (κ1) is 14.1. The standard InChI is InChI=1S/C10H11F2IN2O2/c1-2-17-7(16)4-5-3-6(14)8(13)9(15-5)10(11)12/h3,10H,2,4H2,1H3,(H2,14,15). The van der Waals surface area contributed by atoms with E-state index in [2.05, 4.69) is 4.98 Å². The number of nitrogens with two attached hydrogens (primary N) is 1. The monoisotopic (exact) mass is 356 g/mol. The minimum atomic E-state index is -2.72. The Labute approximate surface area is 111 Å². The lowest BCUT2D eigenvalue weighted by atomic mass is 10.2. The fourth-order valence-corrected chi connectivity index (χ4v) is 1.73. The number of halogens is 3. The molecule has 17 heavy (non-hydrogen) atoms. The van der Waals surface area contributed by atoms with Crippen LogP contribution in [0.1, 0.15) is 24.7 Å². The van der Waals surface area contributed by atoms with Crippen LogP contribution in [0.4, 0.5) is 14.5 Å². The maximum Gasteiger partial charge on any atom is 0.311 e. The summed E-state index contributed by atoms with van der Waals surface area (Å²) in [4.78, 5) is 14.9. The number of ether oxygens (including phenoxy) is 1. The van der Waals surface area contributed by atoms with Crippen LogP contribution in [0.25, 0.3) is 0 Å². The first-order valence-corrected chi connectivity index (χ1v) is 5.92. The molecule has 0 unspecified atom stereocenters. The highest BCUT2D eigenvalue weighted by Crippen LogP contribution is 2.27. The van der Waals surface area contributed by atoms with Crippen molar-refractivity contribution in [2.75, 3.05) is 12.3 Å². The van der Waals surface area contributed by atoms with Gasteiger partial charge in [-0.2, -0.15) is 0 Å². The Kier molecular flexibility index (Phi) is 5.03. The van der Waals surface area contributed by atoms with Crippen LogP contribution in [0.15, 0.2) is 6.07 Å². The number of anilines is 1.